The Morgan fingerprint density at radius 2 is 1.62 bits per heavy atom. The lowest BCUT2D eigenvalue weighted by Crippen LogP contribution is -2.17. The van der Waals surface area contributed by atoms with Gasteiger partial charge in [0, 0.05) is 19.6 Å². The van der Waals surface area contributed by atoms with Crippen LogP contribution in [0.4, 0.5) is 0 Å². The van der Waals surface area contributed by atoms with Crippen LogP contribution in [-0.2, 0) is 14.2 Å². The molecule has 0 saturated carbocycles. The van der Waals surface area contributed by atoms with E-state index < -0.39 is 6.29 Å². The van der Waals surface area contributed by atoms with Gasteiger partial charge in [0.15, 0.2) is 6.29 Å². The number of aliphatic hydroxyl groups excluding tert-OH is 1. The topological polar surface area (TPSA) is 47.9 Å². The third-order valence-corrected chi connectivity index (χ3v) is 1.46. The van der Waals surface area contributed by atoms with Crippen molar-refractivity contribution in [2.24, 2.45) is 0 Å². The monoisotopic (exact) mass is 192 g/mol. The van der Waals surface area contributed by atoms with E-state index in [2.05, 4.69) is 0 Å². The van der Waals surface area contributed by atoms with E-state index in [0.29, 0.717) is 39.5 Å². The van der Waals surface area contributed by atoms with Crippen molar-refractivity contribution in [3.63, 3.8) is 0 Å². The fraction of sp³-hybridized carbons (Fsp3) is 1.00. The van der Waals surface area contributed by atoms with Crippen LogP contribution in [0.3, 0.4) is 0 Å². The SMILES string of the molecule is CCOCCOC(O)CCOCC. The molecule has 0 aliphatic rings. The average molecular weight is 192 g/mol. The molecule has 1 unspecified atom stereocenters. The van der Waals surface area contributed by atoms with Crippen molar-refractivity contribution in [1.82, 2.24) is 0 Å². The summed E-state index contributed by atoms with van der Waals surface area (Å²) in [6.45, 7) is 6.69. The van der Waals surface area contributed by atoms with Crippen LogP contribution in [0.5, 0.6) is 0 Å². The van der Waals surface area contributed by atoms with Crippen LogP contribution in [0.1, 0.15) is 20.3 Å². The summed E-state index contributed by atoms with van der Waals surface area (Å²) in [6, 6.07) is 0. The van der Waals surface area contributed by atoms with Gasteiger partial charge in [-0.1, -0.05) is 0 Å². The molecule has 0 rings (SSSR count). The van der Waals surface area contributed by atoms with Gasteiger partial charge < -0.3 is 19.3 Å². The highest BCUT2D eigenvalue weighted by atomic mass is 16.6. The molecule has 0 aliphatic heterocycles. The van der Waals surface area contributed by atoms with E-state index in [1.54, 1.807) is 0 Å². The first-order valence-electron chi connectivity index (χ1n) is 4.76. The van der Waals surface area contributed by atoms with E-state index in [1.807, 2.05) is 13.8 Å². The first-order chi connectivity index (χ1) is 6.31. The molecule has 0 aromatic heterocycles. The Kier molecular flexibility index (Phi) is 9.80. The van der Waals surface area contributed by atoms with Gasteiger partial charge in [0.05, 0.1) is 19.8 Å². The summed E-state index contributed by atoms with van der Waals surface area (Å²) in [5.41, 5.74) is 0. The molecule has 0 spiro atoms. The van der Waals surface area contributed by atoms with E-state index in [4.69, 9.17) is 14.2 Å². The van der Waals surface area contributed by atoms with E-state index in [9.17, 15) is 5.11 Å². The highest BCUT2D eigenvalue weighted by molar-refractivity contribution is 4.41. The minimum Gasteiger partial charge on any atom is -0.382 e. The molecule has 1 N–H and O–H groups in total. The normalized spacial score (nSPS) is 13.2. The fourth-order valence-electron chi connectivity index (χ4n) is 0.799. The molecule has 0 saturated heterocycles. The van der Waals surface area contributed by atoms with Gasteiger partial charge in [0.2, 0.25) is 0 Å². The van der Waals surface area contributed by atoms with Crippen LogP contribution < -0.4 is 0 Å². The van der Waals surface area contributed by atoms with Crippen molar-refractivity contribution in [2.45, 2.75) is 26.6 Å². The molecular weight excluding hydrogens is 172 g/mol. The molecule has 0 bridgehead atoms. The molecular formula is C9H20O4. The third-order valence-electron chi connectivity index (χ3n) is 1.46. The molecule has 1 atom stereocenters. The van der Waals surface area contributed by atoms with Crippen molar-refractivity contribution < 1.29 is 19.3 Å². The summed E-state index contributed by atoms with van der Waals surface area (Å²) in [6.07, 6.45) is -0.216. The maximum atomic E-state index is 9.22. The zero-order chi connectivity index (χ0) is 9.94. The maximum absolute atomic E-state index is 9.22. The zero-order valence-electron chi connectivity index (χ0n) is 8.49. The molecule has 0 aromatic rings. The predicted octanol–water partition coefficient (Wildman–Crippen LogP) is 0.785. The minimum atomic E-state index is -0.730. The molecule has 0 aromatic carbocycles. The maximum Gasteiger partial charge on any atom is 0.156 e. The van der Waals surface area contributed by atoms with Gasteiger partial charge in [-0.05, 0) is 13.8 Å². The molecule has 4 nitrogen and oxygen atoms in total. The van der Waals surface area contributed by atoms with Gasteiger partial charge in [-0.25, -0.2) is 0 Å². The van der Waals surface area contributed by atoms with Gasteiger partial charge in [-0.15, -0.1) is 0 Å². The Bertz CT molecular complexity index is 97.6. The van der Waals surface area contributed by atoms with Gasteiger partial charge >= 0.3 is 0 Å². The Morgan fingerprint density at radius 3 is 2.23 bits per heavy atom. The van der Waals surface area contributed by atoms with E-state index in [-0.39, 0.29) is 0 Å². The third kappa shape index (κ3) is 9.76. The van der Waals surface area contributed by atoms with E-state index >= 15 is 0 Å². The molecule has 0 radical (unpaired) electrons. The van der Waals surface area contributed by atoms with Crippen molar-refractivity contribution in [1.29, 1.82) is 0 Å². The second-order valence-corrected chi connectivity index (χ2v) is 2.51. The lowest BCUT2D eigenvalue weighted by molar-refractivity contribution is -0.123. The summed E-state index contributed by atoms with van der Waals surface area (Å²) in [7, 11) is 0. The molecule has 0 aliphatic carbocycles. The zero-order valence-corrected chi connectivity index (χ0v) is 8.49. The summed E-state index contributed by atoms with van der Waals surface area (Å²) < 4.78 is 15.1. The second-order valence-electron chi connectivity index (χ2n) is 2.51. The number of hydrogen-bond donors (Lipinski definition) is 1. The van der Waals surface area contributed by atoms with Crippen LogP contribution >= 0.6 is 0 Å². The summed E-state index contributed by atoms with van der Waals surface area (Å²) in [5, 5.41) is 9.22. The van der Waals surface area contributed by atoms with Crippen molar-refractivity contribution in [3.05, 3.63) is 0 Å². The highest BCUT2D eigenvalue weighted by Crippen LogP contribution is 1.94. The standard InChI is InChI=1S/C9H20O4/c1-3-11-6-5-9(10)13-8-7-12-4-2/h9-10H,3-8H2,1-2H3. The lowest BCUT2D eigenvalue weighted by Gasteiger charge is -2.11. The number of rotatable bonds is 9. The summed E-state index contributed by atoms with van der Waals surface area (Å²) in [5.74, 6) is 0. The number of ether oxygens (including phenoxy) is 3. The Labute approximate surface area is 79.8 Å². The molecule has 13 heavy (non-hydrogen) atoms. The van der Waals surface area contributed by atoms with Crippen molar-refractivity contribution >= 4 is 0 Å². The Morgan fingerprint density at radius 1 is 1.00 bits per heavy atom. The van der Waals surface area contributed by atoms with Crippen molar-refractivity contribution in [3.8, 4) is 0 Å². The molecule has 0 fully saturated rings. The Balaban J connectivity index is 3.05. The second kappa shape index (κ2) is 9.92. The summed E-state index contributed by atoms with van der Waals surface area (Å²) >= 11 is 0. The van der Waals surface area contributed by atoms with E-state index in [0.717, 1.165) is 0 Å². The largest absolute Gasteiger partial charge is 0.382 e. The summed E-state index contributed by atoms with van der Waals surface area (Å²) in [4.78, 5) is 0. The smallest absolute Gasteiger partial charge is 0.156 e. The van der Waals surface area contributed by atoms with E-state index in [1.165, 1.54) is 0 Å². The van der Waals surface area contributed by atoms with Crippen LogP contribution in [0.2, 0.25) is 0 Å². The molecule has 0 heterocycles. The molecule has 80 valence electrons. The van der Waals surface area contributed by atoms with Crippen LogP contribution in [0.15, 0.2) is 0 Å². The predicted molar refractivity (Wildman–Crippen MR) is 49.6 cm³/mol. The van der Waals surface area contributed by atoms with Gasteiger partial charge in [-0.3, -0.25) is 0 Å². The number of hydrogen-bond acceptors (Lipinski definition) is 4. The van der Waals surface area contributed by atoms with Crippen LogP contribution in [-0.4, -0.2) is 44.4 Å². The quantitative estimate of drug-likeness (QED) is 0.433. The first kappa shape index (κ1) is 12.8. The molecule has 4 heteroatoms. The Hall–Kier alpha value is -0.160. The average Bonchev–Trinajstić information content (AvgIpc) is 2.13. The minimum absolute atomic E-state index is 0.432. The van der Waals surface area contributed by atoms with Gasteiger partial charge in [-0.2, -0.15) is 0 Å². The first-order valence-corrected chi connectivity index (χ1v) is 4.76. The molecule has 0 amide bonds. The highest BCUT2D eigenvalue weighted by Gasteiger charge is 2.02. The fourth-order valence-corrected chi connectivity index (χ4v) is 0.799. The van der Waals surface area contributed by atoms with Crippen LogP contribution in [0.25, 0.3) is 0 Å². The lowest BCUT2D eigenvalue weighted by atomic mass is 10.4. The van der Waals surface area contributed by atoms with Gasteiger partial charge in [0.1, 0.15) is 0 Å². The van der Waals surface area contributed by atoms with Gasteiger partial charge in [0.25, 0.3) is 0 Å². The van der Waals surface area contributed by atoms with Crippen LogP contribution in [0, 0.1) is 0 Å². The van der Waals surface area contributed by atoms with Crippen molar-refractivity contribution in [2.75, 3.05) is 33.0 Å². The number of aliphatic hydroxyl groups is 1.